The van der Waals surface area contributed by atoms with Gasteiger partial charge in [-0.1, -0.05) is 29.8 Å². The molecule has 21 heavy (non-hydrogen) atoms. The van der Waals surface area contributed by atoms with Gasteiger partial charge in [0.1, 0.15) is 5.75 Å². The fourth-order valence-electron chi connectivity index (χ4n) is 2.07. The number of methoxy groups -OCH3 is 1. The first-order valence-corrected chi connectivity index (χ1v) is 7.56. The third kappa shape index (κ3) is 4.60. The zero-order valence-corrected chi connectivity index (χ0v) is 13.7. The molecular weight excluding hydrogens is 330 g/mol. The molecule has 0 bridgehead atoms. The summed E-state index contributed by atoms with van der Waals surface area (Å²) in [6.07, 6.45) is 1.18. The van der Waals surface area contributed by atoms with E-state index in [0.29, 0.717) is 12.2 Å². The smallest absolute Gasteiger partial charge is 0.224 e. The molecule has 2 aromatic rings. The Morgan fingerprint density at radius 2 is 2.05 bits per heavy atom. The number of aryl methyl sites for hydroxylation is 2. The summed E-state index contributed by atoms with van der Waals surface area (Å²) in [5.74, 6) is 0.706. The van der Waals surface area contributed by atoms with Crippen molar-refractivity contribution in [3.8, 4) is 5.75 Å². The van der Waals surface area contributed by atoms with E-state index in [1.807, 2.05) is 24.3 Å². The second-order valence-electron chi connectivity index (χ2n) is 4.88. The van der Waals surface area contributed by atoms with E-state index in [0.717, 1.165) is 16.6 Å². The number of carbonyl (C=O) groups excluding carboxylic acids is 1. The van der Waals surface area contributed by atoms with Gasteiger partial charge in [0.05, 0.1) is 12.8 Å². The molecule has 0 fully saturated rings. The van der Waals surface area contributed by atoms with Gasteiger partial charge >= 0.3 is 0 Å². The van der Waals surface area contributed by atoms with Crippen molar-refractivity contribution in [3.63, 3.8) is 0 Å². The van der Waals surface area contributed by atoms with Gasteiger partial charge in [-0.2, -0.15) is 0 Å². The Morgan fingerprint density at radius 3 is 2.76 bits per heavy atom. The Bertz CT molecular complexity index is 640. The summed E-state index contributed by atoms with van der Waals surface area (Å²) in [5.41, 5.74) is 3.11. The van der Waals surface area contributed by atoms with Crippen LogP contribution in [0.15, 0.2) is 46.9 Å². The molecule has 0 atom stereocenters. The average Bonchev–Trinajstić information content (AvgIpc) is 2.47. The molecule has 0 aliphatic heterocycles. The van der Waals surface area contributed by atoms with Crippen LogP contribution < -0.4 is 10.1 Å². The first-order chi connectivity index (χ1) is 10.1. The summed E-state index contributed by atoms with van der Waals surface area (Å²) in [6.45, 7) is 2.05. The van der Waals surface area contributed by atoms with Crippen molar-refractivity contribution in [3.05, 3.63) is 58.1 Å². The molecule has 0 heterocycles. The molecule has 0 saturated heterocycles. The highest BCUT2D eigenvalue weighted by Gasteiger charge is 2.07. The zero-order valence-electron chi connectivity index (χ0n) is 12.2. The molecule has 0 saturated carbocycles. The summed E-state index contributed by atoms with van der Waals surface area (Å²) < 4.78 is 6.00. The highest BCUT2D eigenvalue weighted by atomic mass is 79.9. The fraction of sp³-hybridized carbons (Fsp3) is 0.235. The van der Waals surface area contributed by atoms with Crippen LogP contribution in [-0.2, 0) is 11.2 Å². The van der Waals surface area contributed by atoms with E-state index in [2.05, 4.69) is 40.3 Å². The molecule has 110 valence electrons. The molecule has 0 aromatic heterocycles. The van der Waals surface area contributed by atoms with Crippen molar-refractivity contribution in [1.29, 1.82) is 0 Å². The van der Waals surface area contributed by atoms with Crippen LogP contribution in [0.1, 0.15) is 17.5 Å². The van der Waals surface area contributed by atoms with Crippen LogP contribution in [0.25, 0.3) is 0 Å². The standard InChI is InChI=1S/C17H18BrNO2/c1-12-4-3-5-13(10-12)6-9-17(20)19-16-11-14(21-2)7-8-15(16)18/h3-5,7-8,10-11H,6,9H2,1-2H3,(H,19,20). The normalized spacial score (nSPS) is 10.2. The van der Waals surface area contributed by atoms with Crippen LogP contribution in [0.4, 0.5) is 5.69 Å². The Hall–Kier alpha value is -1.81. The molecule has 0 radical (unpaired) electrons. The number of amides is 1. The van der Waals surface area contributed by atoms with E-state index in [-0.39, 0.29) is 5.91 Å². The third-order valence-corrected chi connectivity index (χ3v) is 3.86. The maximum Gasteiger partial charge on any atom is 0.224 e. The maximum absolute atomic E-state index is 12.0. The second kappa shape index (κ2) is 7.27. The van der Waals surface area contributed by atoms with E-state index in [9.17, 15) is 4.79 Å². The molecule has 2 aromatic carbocycles. The molecule has 2 rings (SSSR count). The van der Waals surface area contributed by atoms with Gasteiger partial charge in [-0.3, -0.25) is 4.79 Å². The number of anilines is 1. The minimum Gasteiger partial charge on any atom is -0.497 e. The van der Waals surface area contributed by atoms with E-state index >= 15 is 0 Å². The number of hydrogen-bond acceptors (Lipinski definition) is 2. The van der Waals surface area contributed by atoms with Gasteiger partial charge in [0.2, 0.25) is 5.91 Å². The van der Waals surface area contributed by atoms with E-state index in [1.165, 1.54) is 11.1 Å². The Labute approximate surface area is 133 Å². The highest BCUT2D eigenvalue weighted by Crippen LogP contribution is 2.27. The highest BCUT2D eigenvalue weighted by molar-refractivity contribution is 9.10. The lowest BCUT2D eigenvalue weighted by molar-refractivity contribution is -0.116. The van der Waals surface area contributed by atoms with Gasteiger partial charge in [0.15, 0.2) is 0 Å². The number of nitrogens with one attached hydrogen (secondary N) is 1. The van der Waals surface area contributed by atoms with Crippen LogP contribution in [0.2, 0.25) is 0 Å². The molecule has 4 heteroatoms. The van der Waals surface area contributed by atoms with Gasteiger partial charge in [-0.25, -0.2) is 0 Å². The van der Waals surface area contributed by atoms with Crippen molar-refractivity contribution in [2.24, 2.45) is 0 Å². The minimum atomic E-state index is -0.00883. The number of carbonyl (C=O) groups is 1. The van der Waals surface area contributed by atoms with E-state index in [4.69, 9.17) is 4.74 Å². The molecule has 3 nitrogen and oxygen atoms in total. The van der Waals surface area contributed by atoms with Crippen molar-refractivity contribution >= 4 is 27.5 Å². The number of hydrogen-bond donors (Lipinski definition) is 1. The molecular formula is C17H18BrNO2. The van der Waals surface area contributed by atoms with Crippen LogP contribution in [0.5, 0.6) is 5.75 Å². The summed E-state index contributed by atoms with van der Waals surface area (Å²) in [7, 11) is 1.60. The third-order valence-electron chi connectivity index (χ3n) is 3.17. The lowest BCUT2D eigenvalue weighted by Gasteiger charge is -2.09. The fourth-order valence-corrected chi connectivity index (χ4v) is 2.41. The van der Waals surface area contributed by atoms with Crippen molar-refractivity contribution in [1.82, 2.24) is 0 Å². The molecule has 1 N–H and O–H groups in total. The topological polar surface area (TPSA) is 38.3 Å². The Kier molecular flexibility index (Phi) is 5.39. The van der Waals surface area contributed by atoms with Crippen LogP contribution in [0.3, 0.4) is 0 Å². The number of benzene rings is 2. The minimum absolute atomic E-state index is 0.00883. The van der Waals surface area contributed by atoms with Gasteiger partial charge in [0.25, 0.3) is 0 Å². The summed E-state index contributed by atoms with van der Waals surface area (Å²) >= 11 is 3.42. The van der Waals surface area contributed by atoms with Crippen LogP contribution >= 0.6 is 15.9 Å². The lowest BCUT2D eigenvalue weighted by atomic mass is 10.1. The largest absolute Gasteiger partial charge is 0.497 e. The number of ether oxygens (including phenoxy) is 1. The first-order valence-electron chi connectivity index (χ1n) is 6.77. The van der Waals surface area contributed by atoms with Gasteiger partial charge in [-0.15, -0.1) is 0 Å². The first kappa shape index (κ1) is 15.6. The Balaban J connectivity index is 1.96. The predicted molar refractivity (Wildman–Crippen MR) is 88.8 cm³/mol. The van der Waals surface area contributed by atoms with Gasteiger partial charge in [0, 0.05) is 17.0 Å². The number of rotatable bonds is 5. The maximum atomic E-state index is 12.0. The number of halogens is 1. The summed E-state index contributed by atoms with van der Waals surface area (Å²) in [4.78, 5) is 12.0. The lowest BCUT2D eigenvalue weighted by Crippen LogP contribution is -2.12. The van der Waals surface area contributed by atoms with Gasteiger partial charge in [-0.05, 0) is 47.0 Å². The van der Waals surface area contributed by atoms with Crippen molar-refractivity contribution < 1.29 is 9.53 Å². The molecule has 0 spiro atoms. The monoisotopic (exact) mass is 347 g/mol. The average molecular weight is 348 g/mol. The molecule has 0 aliphatic rings. The summed E-state index contributed by atoms with van der Waals surface area (Å²) in [6, 6.07) is 13.7. The van der Waals surface area contributed by atoms with Crippen LogP contribution in [-0.4, -0.2) is 13.0 Å². The van der Waals surface area contributed by atoms with E-state index < -0.39 is 0 Å². The Morgan fingerprint density at radius 1 is 1.24 bits per heavy atom. The van der Waals surface area contributed by atoms with E-state index in [1.54, 1.807) is 13.2 Å². The van der Waals surface area contributed by atoms with Crippen LogP contribution in [0, 0.1) is 6.92 Å². The SMILES string of the molecule is COc1ccc(Br)c(NC(=O)CCc2cccc(C)c2)c1. The summed E-state index contributed by atoms with van der Waals surface area (Å²) in [5, 5.41) is 2.90. The molecule has 0 unspecified atom stereocenters. The molecule has 0 aliphatic carbocycles. The quantitative estimate of drug-likeness (QED) is 0.873. The predicted octanol–water partition coefficient (Wildman–Crippen LogP) is 4.34. The molecule has 1 amide bonds. The zero-order chi connectivity index (χ0) is 15.2. The van der Waals surface area contributed by atoms with Crippen molar-refractivity contribution in [2.75, 3.05) is 12.4 Å². The second-order valence-corrected chi connectivity index (χ2v) is 5.74. The van der Waals surface area contributed by atoms with Gasteiger partial charge < -0.3 is 10.1 Å². The van der Waals surface area contributed by atoms with Crippen molar-refractivity contribution in [2.45, 2.75) is 19.8 Å².